The zero-order chi connectivity index (χ0) is 17.1. The number of benzene rings is 1. The summed E-state index contributed by atoms with van der Waals surface area (Å²) in [4.78, 5) is 16.6. The third-order valence-electron chi connectivity index (χ3n) is 4.38. The Hall–Kier alpha value is -1.83. The van der Waals surface area contributed by atoms with E-state index in [-0.39, 0.29) is 36.5 Å². The van der Waals surface area contributed by atoms with Gasteiger partial charge in [0.05, 0.1) is 11.9 Å². The van der Waals surface area contributed by atoms with Crippen LogP contribution in [-0.4, -0.2) is 53.8 Å². The van der Waals surface area contributed by atoms with Crippen LogP contribution in [0.5, 0.6) is 0 Å². The number of nitrogens with one attached hydrogen (secondary N) is 1. The number of halogens is 3. The van der Waals surface area contributed by atoms with Gasteiger partial charge in [-0.2, -0.15) is 5.10 Å². The molecule has 1 fully saturated rings. The lowest BCUT2D eigenvalue weighted by Gasteiger charge is -2.37. The number of likely N-dealkylation sites (N-methyl/N-ethyl adjacent to an activating group) is 1. The van der Waals surface area contributed by atoms with Crippen molar-refractivity contribution < 1.29 is 9.18 Å². The minimum atomic E-state index is -0.404. The topological polar surface area (TPSA) is 53.4 Å². The molecule has 2 aromatic rings. The molecule has 26 heavy (non-hydrogen) atoms. The van der Waals surface area contributed by atoms with Gasteiger partial charge in [-0.05, 0) is 19.2 Å². The van der Waals surface area contributed by atoms with Crippen LogP contribution < -0.4 is 10.2 Å². The van der Waals surface area contributed by atoms with Gasteiger partial charge in [-0.15, -0.1) is 24.8 Å². The fourth-order valence-electron chi connectivity index (χ4n) is 3.08. The lowest BCUT2D eigenvalue weighted by molar-refractivity contribution is -0.133. The monoisotopic (exact) mass is 403 g/mol. The maximum Gasteiger partial charge on any atom is 0.244 e. The molecular formula is C17H24Cl2FN5O. The van der Waals surface area contributed by atoms with Gasteiger partial charge < -0.3 is 15.1 Å². The summed E-state index contributed by atoms with van der Waals surface area (Å²) in [7, 11) is 3.60. The predicted octanol–water partition coefficient (Wildman–Crippen LogP) is 2.01. The summed E-state index contributed by atoms with van der Waals surface area (Å²) < 4.78 is 15.6. The number of hydrogen-bond donors (Lipinski definition) is 1. The van der Waals surface area contributed by atoms with Crippen LogP contribution in [0.3, 0.4) is 0 Å². The number of carbonyl (C=O) groups is 1. The van der Waals surface area contributed by atoms with E-state index in [1.807, 2.05) is 29.1 Å². The van der Waals surface area contributed by atoms with Crippen molar-refractivity contribution in [2.24, 2.45) is 7.05 Å². The van der Waals surface area contributed by atoms with E-state index in [9.17, 15) is 9.18 Å². The molecule has 2 heterocycles. The molecule has 1 amide bonds. The molecule has 9 heteroatoms. The number of para-hydroxylation sites is 1. The first-order valence-corrected chi connectivity index (χ1v) is 8.04. The summed E-state index contributed by atoms with van der Waals surface area (Å²) >= 11 is 0. The summed E-state index contributed by atoms with van der Waals surface area (Å²) in [5.41, 5.74) is 1.45. The number of nitrogens with zero attached hydrogens (tertiary/aromatic N) is 4. The Balaban J connectivity index is 0.00000169. The highest BCUT2D eigenvalue weighted by Gasteiger charge is 2.28. The molecule has 6 nitrogen and oxygen atoms in total. The van der Waals surface area contributed by atoms with Crippen molar-refractivity contribution in [2.75, 3.05) is 38.1 Å². The van der Waals surface area contributed by atoms with E-state index in [0.717, 1.165) is 5.56 Å². The minimum absolute atomic E-state index is 0. The maximum atomic E-state index is 13.9. The number of aryl methyl sites for hydroxylation is 1. The molecule has 1 aromatic carbocycles. The van der Waals surface area contributed by atoms with E-state index < -0.39 is 6.04 Å². The Kier molecular flexibility index (Phi) is 8.33. The van der Waals surface area contributed by atoms with Crippen LogP contribution in [0.15, 0.2) is 36.7 Å². The number of anilines is 1. The largest absolute Gasteiger partial charge is 0.366 e. The first kappa shape index (κ1) is 22.2. The fourth-order valence-corrected chi connectivity index (χ4v) is 3.08. The second-order valence-electron chi connectivity index (χ2n) is 5.93. The second kappa shape index (κ2) is 9.75. The molecule has 1 aliphatic rings. The Morgan fingerprint density at radius 3 is 2.38 bits per heavy atom. The van der Waals surface area contributed by atoms with Crippen molar-refractivity contribution >= 4 is 36.4 Å². The first-order chi connectivity index (χ1) is 11.6. The third-order valence-corrected chi connectivity index (χ3v) is 4.38. The summed E-state index contributed by atoms with van der Waals surface area (Å²) in [5.74, 6) is -0.195. The quantitative estimate of drug-likeness (QED) is 0.847. The molecule has 0 bridgehead atoms. The average Bonchev–Trinajstić information content (AvgIpc) is 3.02. The van der Waals surface area contributed by atoms with E-state index in [2.05, 4.69) is 10.4 Å². The molecule has 1 aliphatic heterocycles. The van der Waals surface area contributed by atoms with E-state index in [0.29, 0.717) is 31.9 Å². The molecule has 0 aliphatic carbocycles. The number of hydrogen-bond acceptors (Lipinski definition) is 4. The van der Waals surface area contributed by atoms with Crippen molar-refractivity contribution in [3.63, 3.8) is 0 Å². The smallest absolute Gasteiger partial charge is 0.244 e. The number of rotatable bonds is 4. The van der Waals surface area contributed by atoms with Crippen molar-refractivity contribution in [2.45, 2.75) is 6.04 Å². The molecule has 3 rings (SSSR count). The van der Waals surface area contributed by atoms with Gasteiger partial charge in [0, 0.05) is 45.0 Å². The Morgan fingerprint density at radius 1 is 1.19 bits per heavy atom. The summed E-state index contributed by atoms with van der Waals surface area (Å²) in [6.45, 7) is 2.39. The van der Waals surface area contributed by atoms with Crippen molar-refractivity contribution in [1.29, 1.82) is 0 Å². The van der Waals surface area contributed by atoms with Gasteiger partial charge in [0.1, 0.15) is 11.9 Å². The zero-order valence-corrected chi connectivity index (χ0v) is 16.4. The lowest BCUT2D eigenvalue weighted by atomic mass is 10.1. The van der Waals surface area contributed by atoms with Gasteiger partial charge in [-0.1, -0.05) is 12.1 Å². The van der Waals surface area contributed by atoms with E-state index in [4.69, 9.17) is 0 Å². The van der Waals surface area contributed by atoms with Crippen LogP contribution in [0.4, 0.5) is 10.1 Å². The fraction of sp³-hybridized carbons (Fsp3) is 0.412. The van der Waals surface area contributed by atoms with Crippen LogP contribution in [-0.2, 0) is 11.8 Å². The predicted molar refractivity (Wildman–Crippen MR) is 105 cm³/mol. The number of carbonyl (C=O) groups excluding carboxylic acids is 1. The number of piperazine rings is 1. The van der Waals surface area contributed by atoms with Gasteiger partial charge >= 0.3 is 0 Å². The average molecular weight is 404 g/mol. The molecule has 0 saturated carbocycles. The van der Waals surface area contributed by atoms with Crippen LogP contribution in [0, 0.1) is 5.82 Å². The summed E-state index contributed by atoms with van der Waals surface area (Å²) in [6, 6.07) is 6.35. The minimum Gasteiger partial charge on any atom is -0.366 e. The maximum absolute atomic E-state index is 13.9. The zero-order valence-electron chi connectivity index (χ0n) is 14.8. The van der Waals surface area contributed by atoms with Crippen molar-refractivity contribution in [3.8, 4) is 0 Å². The standard InChI is InChI=1S/C17H22FN5O.2ClH/c1-19-16(13-11-20-21(2)12-13)17(24)23-9-7-22(8-10-23)15-6-4-3-5-14(15)18;;/h3-6,11-12,16,19H,7-10H2,1-2H3;2*1H. The Bertz CT molecular complexity index is 719. The van der Waals surface area contributed by atoms with Crippen molar-refractivity contribution in [3.05, 3.63) is 48.0 Å². The summed E-state index contributed by atoms with van der Waals surface area (Å²) in [5, 5.41) is 7.19. The molecule has 1 saturated heterocycles. The first-order valence-electron chi connectivity index (χ1n) is 8.04. The third kappa shape index (κ3) is 4.66. The van der Waals surface area contributed by atoms with Gasteiger partial charge in [-0.25, -0.2) is 4.39 Å². The number of amides is 1. The van der Waals surface area contributed by atoms with Crippen LogP contribution in [0.2, 0.25) is 0 Å². The van der Waals surface area contributed by atoms with Gasteiger partial charge in [0.15, 0.2) is 0 Å². The molecule has 0 radical (unpaired) electrons. The molecule has 1 aromatic heterocycles. The molecule has 144 valence electrons. The molecular weight excluding hydrogens is 380 g/mol. The van der Waals surface area contributed by atoms with Gasteiger partial charge in [0.25, 0.3) is 0 Å². The van der Waals surface area contributed by atoms with E-state index in [1.54, 1.807) is 30.1 Å². The Labute approximate surface area is 165 Å². The highest BCUT2D eigenvalue weighted by atomic mass is 35.5. The molecule has 1 unspecified atom stereocenters. The van der Waals surface area contributed by atoms with Gasteiger partial charge in [-0.3, -0.25) is 9.48 Å². The van der Waals surface area contributed by atoms with Crippen LogP contribution in [0.1, 0.15) is 11.6 Å². The van der Waals surface area contributed by atoms with E-state index in [1.165, 1.54) is 6.07 Å². The van der Waals surface area contributed by atoms with Crippen molar-refractivity contribution in [1.82, 2.24) is 20.0 Å². The molecule has 1 atom stereocenters. The highest BCUT2D eigenvalue weighted by Crippen LogP contribution is 2.22. The molecule has 0 spiro atoms. The Morgan fingerprint density at radius 2 is 1.85 bits per heavy atom. The lowest BCUT2D eigenvalue weighted by Crippen LogP contribution is -2.51. The SMILES string of the molecule is CNC(C(=O)N1CCN(c2ccccc2F)CC1)c1cnn(C)c1.Cl.Cl. The van der Waals surface area contributed by atoms with E-state index >= 15 is 0 Å². The molecule has 1 N–H and O–H groups in total. The van der Waals surface area contributed by atoms with Crippen LogP contribution in [0.25, 0.3) is 0 Å². The highest BCUT2D eigenvalue weighted by molar-refractivity contribution is 5.85. The summed E-state index contributed by atoms with van der Waals surface area (Å²) in [6.07, 6.45) is 3.54. The number of aromatic nitrogens is 2. The second-order valence-corrected chi connectivity index (χ2v) is 5.93. The van der Waals surface area contributed by atoms with Gasteiger partial charge in [0.2, 0.25) is 5.91 Å². The van der Waals surface area contributed by atoms with Crippen LogP contribution >= 0.6 is 24.8 Å². The normalized spacial score (nSPS) is 15.0.